The van der Waals surface area contributed by atoms with E-state index in [1.807, 2.05) is 36.4 Å². The van der Waals surface area contributed by atoms with Crippen LogP contribution in [0.15, 0.2) is 140 Å². The fourth-order valence-electron chi connectivity index (χ4n) is 8.56. The predicted octanol–water partition coefficient (Wildman–Crippen LogP) is 8.71. The van der Waals surface area contributed by atoms with E-state index in [0.29, 0.717) is 0 Å². The molecule has 0 saturated carbocycles. The third-order valence-electron chi connectivity index (χ3n) is 10.4. The van der Waals surface area contributed by atoms with E-state index in [-0.39, 0.29) is 6.71 Å². The molecule has 48 heavy (non-hydrogen) atoms. The van der Waals surface area contributed by atoms with Crippen molar-refractivity contribution in [2.45, 2.75) is 0 Å². The standard InChI is InChI=1S/C42H23BN2O3/c1-2-10-24(11-3-1)44-30-15-7-5-13-28(30)38-31(44)21-20-27-26-12-4-6-14-29(26)45(42(27)38)25-22-36-41-37(23-25)48-35-19-9-17-33-40(35)43(41)39-32(46-33)16-8-18-34(39)47-36/h1-23H. The highest BCUT2D eigenvalue weighted by Gasteiger charge is 2.46. The summed E-state index contributed by atoms with van der Waals surface area (Å²) in [6.07, 6.45) is 0. The Balaban J connectivity index is 1.21. The summed E-state index contributed by atoms with van der Waals surface area (Å²) in [7, 11) is 0. The van der Waals surface area contributed by atoms with Crippen molar-refractivity contribution in [2.24, 2.45) is 0 Å². The Kier molecular flexibility index (Phi) is 4.49. The number of fused-ring (bicyclic) bond motifs is 7. The number of hydrogen-bond donors (Lipinski definition) is 0. The molecule has 0 aliphatic carbocycles. The van der Waals surface area contributed by atoms with Gasteiger partial charge in [0.15, 0.2) is 0 Å². The van der Waals surface area contributed by atoms with Gasteiger partial charge in [0.05, 0.1) is 27.8 Å². The molecule has 0 amide bonds. The van der Waals surface area contributed by atoms with Gasteiger partial charge in [0.2, 0.25) is 0 Å². The lowest BCUT2D eigenvalue weighted by molar-refractivity contribution is 0.442. The van der Waals surface area contributed by atoms with Crippen molar-refractivity contribution in [3.63, 3.8) is 0 Å². The summed E-state index contributed by atoms with van der Waals surface area (Å²) in [5.41, 5.74) is 9.94. The maximum absolute atomic E-state index is 6.75. The fourth-order valence-corrected chi connectivity index (χ4v) is 8.56. The Morgan fingerprint density at radius 3 is 1.58 bits per heavy atom. The van der Waals surface area contributed by atoms with Crippen LogP contribution in [0.2, 0.25) is 0 Å². The second-order valence-electron chi connectivity index (χ2n) is 12.8. The van der Waals surface area contributed by atoms with E-state index in [2.05, 4.69) is 112 Å². The number of aromatic nitrogens is 2. The zero-order valence-corrected chi connectivity index (χ0v) is 25.5. The second-order valence-corrected chi connectivity index (χ2v) is 12.8. The van der Waals surface area contributed by atoms with E-state index in [0.717, 1.165) is 78.8 Å². The van der Waals surface area contributed by atoms with Crippen molar-refractivity contribution in [2.75, 3.05) is 0 Å². The highest BCUT2D eigenvalue weighted by Crippen LogP contribution is 2.45. The molecule has 12 rings (SSSR count). The van der Waals surface area contributed by atoms with Crippen LogP contribution in [0.3, 0.4) is 0 Å². The van der Waals surface area contributed by atoms with Gasteiger partial charge in [-0.25, -0.2) is 0 Å². The Bertz CT molecular complexity index is 2810. The van der Waals surface area contributed by atoms with Gasteiger partial charge in [-0.3, -0.25) is 0 Å². The van der Waals surface area contributed by atoms with E-state index >= 15 is 0 Å². The zero-order chi connectivity index (χ0) is 31.1. The molecule has 7 aromatic carbocycles. The molecule has 0 atom stereocenters. The lowest BCUT2D eigenvalue weighted by Crippen LogP contribution is -2.59. The summed E-state index contributed by atoms with van der Waals surface area (Å²) in [5, 5.41) is 4.83. The highest BCUT2D eigenvalue weighted by molar-refractivity contribution is 6.99. The molecule has 9 aromatic rings. The van der Waals surface area contributed by atoms with Crippen LogP contribution in [-0.4, -0.2) is 15.8 Å². The van der Waals surface area contributed by atoms with Gasteiger partial charge in [-0.1, -0.05) is 72.8 Å². The van der Waals surface area contributed by atoms with E-state index in [4.69, 9.17) is 14.2 Å². The minimum atomic E-state index is -0.0218. The number of hydrogen-bond acceptors (Lipinski definition) is 3. The summed E-state index contributed by atoms with van der Waals surface area (Å²) in [6.45, 7) is -0.0218. The number of nitrogens with zero attached hydrogens (tertiary/aromatic N) is 2. The first-order valence-corrected chi connectivity index (χ1v) is 16.3. The smallest absolute Gasteiger partial charge is 0.270 e. The molecular weight excluding hydrogens is 591 g/mol. The topological polar surface area (TPSA) is 37.5 Å². The third-order valence-corrected chi connectivity index (χ3v) is 10.4. The molecule has 3 aliphatic heterocycles. The van der Waals surface area contributed by atoms with Gasteiger partial charge < -0.3 is 23.3 Å². The maximum atomic E-state index is 6.75. The Hall–Kier alpha value is -6.40. The van der Waals surface area contributed by atoms with Crippen LogP contribution in [0, 0.1) is 0 Å². The number of ether oxygens (including phenoxy) is 3. The van der Waals surface area contributed by atoms with Crippen LogP contribution < -0.4 is 30.6 Å². The van der Waals surface area contributed by atoms with Crippen molar-refractivity contribution in [3.05, 3.63) is 140 Å². The first kappa shape index (κ1) is 24.8. The van der Waals surface area contributed by atoms with Gasteiger partial charge in [0.25, 0.3) is 6.71 Å². The minimum Gasteiger partial charge on any atom is -0.458 e. The third kappa shape index (κ3) is 2.99. The molecule has 0 unspecified atom stereocenters. The van der Waals surface area contributed by atoms with Crippen molar-refractivity contribution < 1.29 is 14.2 Å². The summed E-state index contributed by atoms with van der Waals surface area (Å²) >= 11 is 0. The number of benzene rings is 7. The minimum absolute atomic E-state index is 0.0218. The van der Waals surface area contributed by atoms with Crippen LogP contribution in [0.25, 0.3) is 55.0 Å². The molecule has 5 nitrogen and oxygen atoms in total. The van der Waals surface area contributed by atoms with Crippen molar-refractivity contribution >= 4 is 66.7 Å². The predicted molar refractivity (Wildman–Crippen MR) is 193 cm³/mol. The molecule has 5 heterocycles. The van der Waals surface area contributed by atoms with Gasteiger partial charge in [0, 0.05) is 55.8 Å². The molecule has 0 fully saturated rings. The van der Waals surface area contributed by atoms with Crippen LogP contribution in [0.1, 0.15) is 0 Å². The first-order valence-electron chi connectivity index (χ1n) is 16.3. The molecule has 2 aromatic heterocycles. The molecule has 0 saturated heterocycles. The summed E-state index contributed by atoms with van der Waals surface area (Å²) in [6, 6.07) is 49.1. The molecule has 0 radical (unpaired) electrons. The molecule has 222 valence electrons. The molecule has 6 heteroatoms. The van der Waals surface area contributed by atoms with Gasteiger partial charge in [-0.2, -0.15) is 0 Å². The lowest BCUT2D eigenvalue weighted by atomic mass is 9.34. The summed E-state index contributed by atoms with van der Waals surface area (Å²) in [5.74, 6) is 4.94. The number of para-hydroxylation sites is 3. The van der Waals surface area contributed by atoms with E-state index in [1.165, 1.54) is 27.1 Å². The van der Waals surface area contributed by atoms with Gasteiger partial charge in [-0.05, 0) is 54.6 Å². The first-order chi connectivity index (χ1) is 23.8. The van der Waals surface area contributed by atoms with Crippen LogP contribution in [-0.2, 0) is 0 Å². The van der Waals surface area contributed by atoms with Crippen LogP contribution >= 0.6 is 0 Å². The molecule has 0 N–H and O–H groups in total. The SMILES string of the molecule is c1ccc(-n2c3ccccc3c3c2ccc2c4ccccc4n(-c4cc5c6c(c4)Oc4cccc7c4B6c4c(cccc4O5)O7)c23)cc1. The zero-order valence-electron chi connectivity index (χ0n) is 25.5. The lowest BCUT2D eigenvalue weighted by Gasteiger charge is -2.37. The Labute approximate surface area is 274 Å². The van der Waals surface area contributed by atoms with Crippen LogP contribution in [0.5, 0.6) is 34.5 Å². The van der Waals surface area contributed by atoms with Crippen LogP contribution in [0.4, 0.5) is 0 Å². The summed E-state index contributed by atoms with van der Waals surface area (Å²) < 4.78 is 24.7. The van der Waals surface area contributed by atoms with E-state index < -0.39 is 0 Å². The van der Waals surface area contributed by atoms with Crippen molar-refractivity contribution in [1.82, 2.24) is 9.13 Å². The normalized spacial score (nSPS) is 13.5. The largest absolute Gasteiger partial charge is 0.458 e. The molecular formula is C42H23BN2O3. The van der Waals surface area contributed by atoms with Gasteiger partial charge in [0.1, 0.15) is 34.5 Å². The quantitative estimate of drug-likeness (QED) is 0.183. The second kappa shape index (κ2) is 8.69. The average Bonchev–Trinajstić information content (AvgIpc) is 3.65. The highest BCUT2D eigenvalue weighted by atomic mass is 16.5. The number of rotatable bonds is 2. The molecule has 0 spiro atoms. The van der Waals surface area contributed by atoms with E-state index in [9.17, 15) is 0 Å². The molecule has 0 bridgehead atoms. The monoisotopic (exact) mass is 614 g/mol. The van der Waals surface area contributed by atoms with E-state index in [1.54, 1.807) is 0 Å². The van der Waals surface area contributed by atoms with Crippen molar-refractivity contribution in [1.29, 1.82) is 0 Å². The fraction of sp³-hybridized carbons (Fsp3) is 0. The molecule has 3 aliphatic rings. The Morgan fingerprint density at radius 1 is 0.375 bits per heavy atom. The summed E-state index contributed by atoms with van der Waals surface area (Å²) in [4.78, 5) is 0. The van der Waals surface area contributed by atoms with Gasteiger partial charge in [-0.15, -0.1) is 0 Å². The maximum Gasteiger partial charge on any atom is 0.270 e. The van der Waals surface area contributed by atoms with Crippen molar-refractivity contribution in [3.8, 4) is 45.9 Å². The van der Waals surface area contributed by atoms with Gasteiger partial charge >= 0.3 is 0 Å². The average molecular weight is 614 g/mol. The Morgan fingerprint density at radius 2 is 0.917 bits per heavy atom.